The number of aliphatic carboxylic acids is 1. The van der Waals surface area contributed by atoms with Gasteiger partial charge in [0, 0.05) is 17.4 Å². The lowest BCUT2D eigenvalue weighted by atomic mass is 9.80. The zero-order chi connectivity index (χ0) is 22.6. The molecule has 7 nitrogen and oxygen atoms in total. The highest BCUT2D eigenvalue weighted by molar-refractivity contribution is 5.89. The summed E-state index contributed by atoms with van der Waals surface area (Å²) in [6.45, 7) is 6.11. The Hall–Kier alpha value is -3.22. The molecule has 0 aromatic heterocycles. The highest BCUT2D eigenvalue weighted by Crippen LogP contribution is 2.37. The molecule has 0 aliphatic carbocycles. The van der Waals surface area contributed by atoms with E-state index in [1.165, 1.54) is 0 Å². The number of amides is 2. The van der Waals surface area contributed by atoms with Crippen LogP contribution in [0.2, 0.25) is 0 Å². The van der Waals surface area contributed by atoms with Gasteiger partial charge in [-0.2, -0.15) is 0 Å². The summed E-state index contributed by atoms with van der Waals surface area (Å²) in [6.07, 6.45) is 1.46. The molecule has 166 valence electrons. The summed E-state index contributed by atoms with van der Waals surface area (Å²) in [4.78, 5) is 26.5. The lowest BCUT2D eigenvalue weighted by Gasteiger charge is -2.44. The van der Waals surface area contributed by atoms with Crippen molar-refractivity contribution in [1.82, 2.24) is 5.32 Å². The molecule has 2 aromatic carbocycles. The first kappa shape index (κ1) is 22.5. The van der Waals surface area contributed by atoms with E-state index in [2.05, 4.69) is 31.4 Å². The molecular weight excluding hydrogens is 394 g/mol. The predicted octanol–water partition coefficient (Wildman–Crippen LogP) is 4.14. The van der Waals surface area contributed by atoms with Gasteiger partial charge in [0.1, 0.15) is 12.3 Å². The van der Waals surface area contributed by atoms with E-state index < -0.39 is 5.97 Å². The molecule has 2 atom stereocenters. The third-order valence-electron chi connectivity index (χ3n) is 5.58. The van der Waals surface area contributed by atoms with Crippen molar-refractivity contribution in [2.24, 2.45) is 5.41 Å². The average molecular weight is 426 g/mol. The normalized spacial score (nSPS) is 18.5. The van der Waals surface area contributed by atoms with Gasteiger partial charge in [-0.1, -0.05) is 45.0 Å². The van der Waals surface area contributed by atoms with Crippen LogP contribution in [0.3, 0.4) is 0 Å². The smallest absolute Gasteiger partial charge is 0.323 e. The Morgan fingerprint density at radius 1 is 1.16 bits per heavy atom. The number of urea groups is 1. The number of carbonyl (C=O) groups excluding carboxylic acids is 1. The molecule has 0 fully saturated rings. The van der Waals surface area contributed by atoms with E-state index in [1.807, 2.05) is 41.3 Å². The second-order valence-corrected chi connectivity index (χ2v) is 8.94. The van der Waals surface area contributed by atoms with Crippen LogP contribution in [0, 0.1) is 5.41 Å². The van der Waals surface area contributed by atoms with Gasteiger partial charge >= 0.3 is 12.0 Å². The highest BCUT2D eigenvalue weighted by atomic mass is 16.5. The number of nitrogens with zero attached hydrogens (tertiary/aromatic N) is 1. The molecule has 31 heavy (non-hydrogen) atoms. The largest absolute Gasteiger partial charge is 0.497 e. The Kier molecular flexibility index (Phi) is 6.73. The van der Waals surface area contributed by atoms with Crippen LogP contribution in [0.15, 0.2) is 48.5 Å². The van der Waals surface area contributed by atoms with E-state index in [4.69, 9.17) is 4.74 Å². The van der Waals surface area contributed by atoms with Gasteiger partial charge in [-0.25, -0.2) is 4.79 Å². The molecule has 7 heteroatoms. The maximum atomic E-state index is 12.9. The van der Waals surface area contributed by atoms with Crippen LogP contribution in [0.1, 0.15) is 32.8 Å². The van der Waals surface area contributed by atoms with E-state index in [-0.39, 0.29) is 30.1 Å². The molecule has 1 aliphatic heterocycles. The Morgan fingerprint density at radius 3 is 2.58 bits per heavy atom. The summed E-state index contributed by atoms with van der Waals surface area (Å²) in [5.41, 5.74) is 2.36. The quantitative estimate of drug-likeness (QED) is 0.670. The third-order valence-corrected chi connectivity index (χ3v) is 5.58. The lowest BCUT2D eigenvalue weighted by molar-refractivity contribution is -0.135. The lowest BCUT2D eigenvalue weighted by Crippen LogP contribution is -2.58. The molecule has 1 heterocycles. The van der Waals surface area contributed by atoms with Crippen LogP contribution < -0.4 is 20.3 Å². The summed E-state index contributed by atoms with van der Waals surface area (Å²) >= 11 is 0. The number of carbonyl (C=O) groups is 2. The zero-order valence-electron chi connectivity index (χ0n) is 18.5. The third kappa shape index (κ3) is 5.48. The van der Waals surface area contributed by atoms with Gasteiger partial charge in [-0.15, -0.1) is 0 Å². The van der Waals surface area contributed by atoms with E-state index in [9.17, 15) is 14.7 Å². The van der Waals surface area contributed by atoms with Crippen LogP contribution >= 0.6 is 0 Å². The highest BCUT2D eigenvalue weighted by Gasteiger charge is 2.41. The first-order chi connectivity index (χ1) is 14.7. The fraction of sp³-hybridized carbons (Fsp3) is 0.417. The number of benzene rings is 2. The molecule has 2 unspecified atom stereocenters. The van der Waals surface area contributed by atoms with Crippen molar-refractivity contribution < 1.29 is 19.4 Å². The number of nitrogens with one attached hydrogen (secondary N) is 2. The van der Waals surface area contributed by atoms with Crippen molar-refractivity contribution in [3.63, 3.8) is 0 Å². The Morgan fingerprint density at radius 2 is 1.90 bits per heavy atom. The van der Waals surface area contributed by atoms with E-state index in [0.717, 1.165) is 17.7 Å². The maximum absolute atomic E-state index is 12.9. The summed E-state index contributed by atoms with van der Waals surface area (Å²) in [5, 5.41) is 15.6. The van der Waals surface area contributed by atoms with E-state index in [0.29, 0.717) is 17.9 Å². The first-order valence-electron chi connectivity index (χ1n) is 10.5. The number of fused-ring (bicyclic) bond motifs is 1. The second kappa shape index (κ2) is 9.29. The maximum Gasteiger partial charge on any atom is 0.323 e. The summed E-state index contributed by atoms with van der Waals surface area (Å²) in [5.74, 6) is -0.242. The average Bonchev–Trinajstić information content (AvgIpc) is 2.85. The van der Waals surface area contributed by atoms with Gasteiger partial charge in [-0.3, -0.25) is 4.79 Å². The number of ether oxygens (including phenoxy) is 1. The second-order valence-electron chi connectivity index (χ2n) is 8.94. The van der Waals surface area contributed by atoms with Crippen LogP contribution in [0.4, 0.5) is 16.2 Å². The molecule has 2 aromatic rings. The Bertz CT molecular complexity index is 938. The zero-order valence-corrected chi connectivity index (χ0v) is 18.5. The number of hydrogen-bond donors (Lipinski definition) is 3. The van der Waals surface area contributed by atoms with Crippen LogP contribution in [-0.4, -0.2) is 42.8 Å². The number of aryl methyl sites for hydroxylation is 1. The molecule has 0 bridgehead atoms. The number of methoxy groups -OCH3 is 1. The molecule has 2 amide bonds. The van der Waals surface area contributed by atoms with Crippen molar-refractivity contribution in [2.75, 3.05) is 23.9 Å². The van der Waals surface area contributed by atoms with E-state index in [1.54, 1.807) is 19.2 Å². The topological polar surface area (TPSA) is 90.9 Å². The van der Waals surface area contributed by atoms with Crippen molar-refractivity contribution in [3.8, 4) is 5.75 Å². The number of rotatable bonds is 5. The molecular formula is C24H31N3O4. The van der Waals surface area contributed by atoms with Crippen LogP contribution in [-0.2, 0) is 11.2 Å². The van der Waals surface area contributed by atoms with Gasteiger partial charge in [0.25, 0.3) is 0 Å². The minimum atomic E-state index is -0.898. The van der Waals surface area contributed by atoms with Crippen LogP contribution in [0.5, 0.6) is 5.75 Å². The number of carboxylic acids is 1. The van der Waals surface area contributed by atoms with Gasteiger partial charge in [0.2, 0.25) is 0 Å². The fourth-order valence-corrected chi connectivity index (χ4v) is 4.43. The number of para-hydroxylation sites is 1. The number of carboxylic acid groups (broad SMARTS) is 1. The van der Waals surface area contributed by atoms with Crippen molar-refractivity contribution in [2.45, 2.75) is 45.7 Å². The minimum Gasteiger partial charge on any atom is -0.497 e. The van der Waals surface area contributed by atoms with Crippen molar-refractivity contribution >= 4 is 23.4 Å². The number of hydrogen-bond acceptors (Lipinski definition) is 4. The van der Waals surface area contributed by atoms with Gasteiger partial charge in [0.05, 0.1) is 19.2 Å². The molecule has 0 saturated heterocycles. The number of anilines is 2. The molecule has 3 N–H and O–H groups in total. The Labute approximate surface area is 183 Å². The van der Waals surface area contributed by atoms with Crippen molar-refractivity contribution in [3.05, 3.63) is 54.1 Å². The molecule has 3 rings (SSSR count). The van der Waals surface area contributed by atoms with Gasteiger partial charge < -0.3 is 25.4 Å². The van der Waals surface area contributed by atoms with Gasteiger partial charge in [0.15, 0.2) is 0 Å². The summed E-state index contributed by atoms with van der Waals surface area (Å²) < 4.78 is 5.22. The van der Waals surface area contributed by atoms with E-state index >= 15 is 0 Å². The van der Waals surface area contributed by atoms with Crippen LogP contribution in [0.25, 0.3) is 0 Å². The summed E-state index contributed by atoms with van der Waals surface area (Å²) in [6, 6.07) is 14.3. The predicted molar refractivity (Wildman–Crippen MR) is 122 cm³/mol. The fourth-order valence-electron chi connectivity index (χ4n) is 4.43. The molecule has 0 radical (unpaired) electrons. The SMILES string of the molecule is COc1cccc(NC(=O)NC2CCc3ccccc3N(CC(=O)O)C2C(C)(C)C)c1. The molecule has 1 aliphatic rings. The minimum absolute atomic E-state index is 0.130. The van der Waals surface area contributed by atoms with Crippen molar-refractivity contribution in [1.29, 1.82) is 0 Å². The molecule has 0 saturated carbocycles. The Balaban J connectivity index is 1.89. The molecule has 0 spiro atoms. The first-order valence-corrected chi connectivity index (χ1v) is 10.5. The summed E-state index contributed by atoms with van der Waals surface area (Å²) in [7, 11) is 1.58. The standard InChI is InChI=1S/C24H31N3O4/c1-24(2,3)22-19(26-23(30)25-17-9-7-10-18(14-17)31-4)13-12-16-8-5-6-11-20(16)27(22)15-21(28)29/h5-11,14,19,22H,12-13,15H2,1-4H3,(H,28,29)(H2,25,26,30). The monoisotopic (exact) mass is 425 g/mol. The van der Waals surface area contributed by atoms with Gasteiger partial charge in [-0.05, 0) is 42.0 Å².